The maximum atomic E-state index is 14.2. The Balaban J connectivity index is 1.48. The minimum atomic E-state index is -0.516. The number of hydrogen-bond donors (Lipinski definition) is 1. The van der Waals surface area contributed by atoms with Gasteiger partial charge in [0.05, 0.1) is 6.04 Å². The number of nitrogens with one attached hydrogen (secondary N) is 1. The molecule has 1 saturated heterocycles. The second-order valence-electron chi connectivity index (χ2n) is 9.46. The molecule has 5 nitrogen and oxygen atoms in total. The van der Waals surface area contributed by atoms with Gasteiger partial charge >= 0.3 is 6.09 Å². The highest BCUT2D eigenvalue weighted by atomic mass is 19.1. The molecule has 1 aliphatic carbocycles. The lowest BCUT2D eigenvalue weighted by atomic mass is 9.60. The fourth-order valence-corrected chi connectivity index (χ4v) is 4.26. The summed E-state index contributed by atoms with van der Waals surface area (Å²) in [6.07, 6.45) is 1.68. The molecule has 1 saturated carbocycles. The minimum absolute atomic E-state index is 0.105. The van der Waals surface area contributed by atoms with Crippen molar-refractivity contribution in [1.82, 2.24) is 15.1 Å². The predicted molar refractivity (Wildman–Crippen MR) is 104 cm³/mol. The molecule has 2 aliphatic rings. The van der Waals surface area contributed by atoms with Gasteiger partial charge in [0.2, 0.25) is 0 Å². The van der Waals surface area contributed by atoms with Crippen LogP contribution in [0.5, 0.6) is 0 Å². The number of nitrogens with zero attached hydrogens (tertiary/aromatic N) is 2. The van der Waals surface area contributed by atoms with Crippen molar-refractivity contribution < 1.29 is 18.3 Å². The first-order chi connectivity index (χ1) is 13.0. The normalized spacial score (nSPS) is 20.1. The second-order valence-corrected chi connectivity index (χ2v) is 9.46. The number of carbonyl (C=O) groups excluding carboxylic acids is 1. The van der Waals surface area contributed by atoms with E-state index >= 15 is 0 Å². The fraction of sp³-hybridized carbons (Fsp3) is 0.667. The molecule has 1 aliphatic heterocycles. The molecule has 1 atom stereocenters. The zero-order valence-electron chi connectivity index (χ0n) is 17.4. The topological polar surface area (TPSA) is 44.8 Å². The Morgan fingerprint density at radius 1 is 1.29 bits per heavy atom. The SMILES string of the molecule is CN(C)[C@@H](CNC1CC2(C1)CN(C(=O)OC(C)(C)C)C2)c1c(F)cccc1F. The molecule has 0 radical (unpaired) electrons. The zero-order chi connectivity index (χ0) is 20.7. The lowest BCUT2D eigenvalue weighted by Crippen LogP contribution is -2.67. The van der Waals surface area contributed by atoms with E-state index in [0.717, 1.165) is 25.9 Å². The summed E-state index contributed by atoms with van der Waals surface area (Å²) >= 11 is 0. The highest BCUT2D eigenvalue weighted by Gasteiger charge is 2.54. The summed E-state index contributed by atoms with van der Waals surface area (Å²) in [6, 6.07) is 3.91. The van der Waals surface area contributed by atoms with Crippen molar-refractivity contribution in [3.05, 3.63) is 35.4 Å². The van der Waals surface area contributed by atoms with Gasteiger partial charge in [-0.05, 0) is 59.8 Å². The fourth-order valence-electron chi connectivity index (χ4n) is 4.26. The lowest BCUT2D eigenvalue weighted by Gasteiger charge is -2.59. The Morgan fingerprint density at radius 2 is 1.86 bits per heavy atom. The molecule has 0 unspecified atom stereocenters. The van der Waals surface area contributed by atoms with Crippen LogP contribution in [-0.4, -0.2) is 61.3 Å². The van der Waals surface area contributed by atoms with Crippen LogP contribution in [0.15, 0.2) is 18.2 Å². The molecule has 7 heteroatoms. The Labute approximate surface area is 166 Å². The smallest absolute Gasteiger partial charge is 0.410 e. The van der Waals surface area contributed by atoms with Crippen LogP contribution in [0.4, 0.5) is 13.6 Å². The molecule has 1 spiro atoms. The average Bonchev–Trinajstić information content (AvgIpc) is 2.47. The highest BCUT2D eigenvalue weighted by Crippen LogP contribution is 2.48. The quantitative estimate of drug-likeness (QED) is 0.828. The van der Waals surface area contributed by atoms with Crippen molar-refractivity contribution in [3.63, 3.8) is 0 Å². The maximum absolute atomic E-state index is 14.2. The van der Waals surface area contributed by atoms with Crippen molar-refractivity contribution in [1.29, 1.82) is 0 Å². The van der Waals surface area contributed by atoms with Gasteiger partial charge in [-0.15, -0.1) is 0 Å². The molecule has 3 rings (SSSR count). The number of carbonyl (C=O) groups is 1. The third-order valence-electron chi connectivity index (χ3n) is 5.62. The van der Waals surface area contributed by atoms with Crippen molar-refractivity contribution in [2.75, 3.05) is 33.7 Å². The summed E-state index contributed by atoms with van der Waals surface area (Å²) in [4.78, 5) is 15.7. The van der Waals surface area contributed by atoms with Gasteiger partial charge in [0.15, 0.2) is 0 Å². The molecule has 1 heterocycles. The number of halogens is 2. The molecule has 2 fully saturated rings. The van der Waals surface area contributed by atoms with Crippen molar-refractivity contribution >= 4 is 6.09 Å². The summed E-state index contributed by atoms with van der Waals surface area (Å²) in [5, 5.41) is 3.45. The molecule has 0 aromatic heterocycles. The Bertz CT molecular complexity index is 699. The van der Waals surface area contributed by atoms with E-state index in [2.05, 4.69) is 5.32 Å². The lowest BCUT2D eigenvalue weighted by molar-refractivity contribution is -0.0833. The third kappa shape index (κ3) is 4.46. The van der Waals surface area contributed by atoms with Gasteiger partial charge in [0.1, 0.15) is 17.2 Å². The molecule has 156 valence electrons. The van der Waals surface area contributed by atoms with E-state index < -0.39 is 17.2 Å². The molecule has 0 bridgehead atoms. The van der Waals surface area contributed by atoms with E-state index in [-0.39, 0.29) is 23.1 Å². The van der Waals surface area contributed by atoms with Gasteiger partial charge in [-0.25, -0.2) is 13.6 Å². The standard InChI is InChI=1S/C21H31F2N3O2/c1-20(2,3)28-19(27)26-12-21(13-26)9-14(10-21)24-11-17(25(4)5)18-15(22)7-6-8-16(18)23/h6-8,14,17,24H,9-13H2,1-5H3/t17-/m0/s1. The van der Waals surface area contributed by atoms with Gasteiger partial charge in [0, 0.05) is 36.7 Å². The monoisotopic (exact) mass is 395 g/mol. The first-order valence-corrected chi connectivity index (χ1v) is 9.81. The number of likely N-dealkylation sites (tertiary alicyclic amines) is 1. The van der Waals surface area contributed by atoms with E-state index in [1.807, 2.05) is 39.8 Å². The number of hydrogen-bond acceptors (Lipinski definition) is 4. The van der Waals surface area contributed by atoms with Gasteiger partial charge in [-0.1, -0.05) is 6.07 Å². The molecule has 1 aromatic rings. The minimum Gasteiger partial charge on any atom is -0.444 e. The van der Waals surface area contributed by atoms with Gasteiger partial charge < -0.3 is 19.9 Å². The third-order valence-corrected chi connectivity index (χ3v) is 5.62. The van der Waals surface area contributed by atoms with Crippen molar-refractivity contribution in [2.24, 2.45) is 5.41 Å². The van der Waals surface area contributed by atoms with Gasteiger partial charge in [0.25, 0.3) is 0 Å². The van der Waals surface area contributed by atoms with Crippen LogP contribution in [0.3, 0.4) is 0 Å². The highest BCUT2D eigenvalue weighted by molar-refractivity contribution is 5.69. The number of likely N-dealkylation sites (N-methyl/N-ethyl adjacent to an activating group) is 1. The second kappa shape index (κ2) is 7.59. The Morgan fingerprint density at radius 3 is 2.36 bits per heavy atom. The van der Waals surface area contributed by atoms with Crippen LogP contribution in [0.25, 0.3) is 0 Å². The molecule has 1 amide bonds. The van der Waals surface area contributed by atoms with Crippen LogP contribution < -0.4 is 5.32 Å². The summed E-state index contributed by atoms with van der Waals surface area (Å²) in [7, 11) is 3.65. The number of benzene rings is 1. The molecular weight excluding hydrogens is 364 g/mol. The van der Waals surface area contributed by atoms with E-state index in [1.165, 1.54) is 18.2 Å². The van der Waals surface area contributed by atoms with Gasteiger partial charge in [-0.2, -0.15) is 0 Å². The van der Waals surface area contributed by atoms with E-state index in [4.69, 9.17) is 4.74 Å². The molecule has 1 N–H and O–H groups in total. The maximum Gasteiger partial charge on any atom is 0.410 e. The van der Waals surface area contributed by atoms with Crippen LogP contribution >= 0.6 is 0 Å². The van der Waals surface area contributed by atoms with Gasteiger partial charge in [-0.3, -0.25) is 0 Å². The van der Waals surface area contributed by atoms with Crippen molar-refractivity contribution in [3.8, 4) is 0 Å². The van der Waals surface area contributed by atoms with Crippen LogP contribution in [0.1, 0.15) is 45.2 Å². The van der Waals surface area contributed by atoms with Crippen molar-refractivity contribution in [2.45, 2.75) is 51.3 Å². The average molecular weight is 395 g/mol. The molecule has 1 aromatic carbocycles. The Kier molecular flexibility index (Phi) is 5.69. The predicted octanol–water partition coefficient (Wildman–Crippen LogP) is 3.56. The molecular formula is C21H31F2N3O2. The zero-order valence-corrected chi connectivity index (χ0v) is 17.4. The largest absolute Gasteiger partial charge is 0.444 e. The Hall–Kier alpha value is -1.73. The van der Waals surface area contributed by atoms with E-state index in [0.29, 0.717) is 12.6 Å². The summed E-state index contributed by atoms with van der Waals surface area (Å²) in [6.45, 7) is 7.51. The van der Waals surface area contributed by atoms with Crippen LogP contribution in [-0.2, 0) is 4.74 Å². The number of ether oxygens (including phenoxy) is 1. The van der Waals surface area contributed by atoms with E-state index in [1.54, 1.807) is 4.90 Å². The van der Waals surface area contributed by atoms with Crippen LogP contribution in [0.2, 0.25) is 0 Å². The summed E-state index contributed by atoms with van der Waals surface area (Å²) in [5.41, 5.74) is -0.202. The molecule has 28 heavy (non-hydrogen) atoms. The number of rotatable bonds is 5. The van der Waals surface area contributed by atoms with Crippen LogP contribution in [0, 0.1) is 17.0 Å². The summed E-state index contributed by atoms with van der Waals surface area (Å²) in [5.74, 6) is -1.03. The number of amides is 1. The first-order valence-electron chi connectivity index (χ1n) is 9.81. The van der Waals surface area contributed by atoms with E-state index in [9.17, 15) is 13.6 Å². The summed E-state index contributed by atoms with van der Waals surface area (Å²) < 4.78 is 33.7. The first kappa shape index (κ1) is 21.0.